The van der Waals surface area contributed by atoms with Gasteiger partial charge in [-0.3, -0.25) is 14.7 Å². The number of carboxylic acids is 1. The molecule has 0 bridgehead atoms. The monoisotopic (exact) mass is 581 g/mol. The van der Waals surface area contributed by atoms with Crippen LogP contribution in [0.4, 0.5) is 0 Å². The largest absolute Gasteiger partial charge is 0.488 e. The number of halogens is 1. The minimum absolute atomic E-state index is 0.234. The minimum Gasteiger partial charge on any atom is -0.488 e. The van der Waals surface area contributed by atoms with Gasteiger partial charge in [0.05, 0.1) is 16.7 Å². The highest BCUT2D eigenvalue weighted by Crippen LogP contribution is 2.36. The van der Waals surface area contributed by atoms with Crippen molar-refractivity contribution in [1.29, 1.82) is 5.26 Å². The molecular weight excluding hydrogens is 550 g/mol. The molecule has 1 aromatic heterocycles. The van der Waals surface area contributed by atoms with E-state index in [2.05, 4.69) is 24.0 Å². The molecule has 214 valence electrons. The van der Waals surface area contributed by atoms with Crippen molar-refractivity contribution in [2.75, 3.05) is 6.54 Å². The van der Waals surface area contributed by atoms with Crippen LogP contribution in [-0.2, 0) is 24.6 Å². The normalized spacial score (nSPS) is 15.1. The standard InChI is InChI=1S/C34H32ClN3O4/c1-23-27(9-5-11-29(23)26-10-6-13-37-19-26)22-42-33-17-32(41-21-25-8-4-7-24(15-25)18-36)28(16-30(33)35)20-38-14-3-2-12-31(38)34(39)40/h4-11,13,15-17,19,31H,2-3,12,14,20-22H2,1H3,(H,39,40)/t31-/m0/s1. The molecule has 4 aromatic rings. The fraction of sp³-hybridized carbons (Fsp3) is 0.265. The van der Waals surface area contributed by atoms with Crippen LogP contribution >= 0.6 is 11.6 Å². The second-order valence-electron chi connectivity index (χ2n) is 10.4. The Bertz CT molecular complexity index is 1600. The fourth-order valence-corrected chi connectivity index (χ4v) is 5.59. The lowest BCUT2D eigenvalue weighted by molar-refractivity contribution is -0.144. The summed E-state index contributed by atoms with van der Waals surface area (Å²) in [6.45, 7) is 3.67. The lowest BCUT2D eigenvalue weighted by Crippen LogP contribution is -2.44. The number of hydrogen-bond donors (Lipinski definition) is 1. The highest BCUT2D eigenvalue weighted by Gasteiger charge is 2.29. The molecule has 8 heteroatoms. The van der Waals surface area contributed by atoms with E-state index in [0.29, 0.717) is 48.2 Å². The van der Waals surface area contributed by atoms with E-state index in [0.717, 1.165) is 46.2 Å². The number of pyridine rings is 1. The van der Waals surface area contributed by atoms with Gasteiger partial charge in [0.1, 0.15) is 30.8 Å². The van der Waals surface area contributed by atoms with Crippen LogP contribution in [0.1, 0.15) is 47.1 Å². The number of hydrogen-bond acceptors (Lipinski definition) is 6. The van der Waals surface area contributed by atoms with Crippen LogP contribution in [-0.4, -0.2) is 33.5 Å². The van der Waals surface area contributed by atoms with Crippen molar-refractivity contribution in [2.24, 2.45) is 0 Å². The van der Waals surface area contributed by atoms with Crippen molar-refractivity contribution in [3.05, 3.63) is 112 Å². The number of rotatable bonds is 10. The van der Waals surface area contributed by atoms with Crippen molar-refractivity contribution in [2.45, 2.75) is 52.0 Å². The van der Waals surface area contributed by atoms with Crippen LogP contribution in [0.25, 0.3) is 11.1 Å². The van der Waals surface area contributed by atoms with E-state index in [1.165, 1.54) is 0 Å². The van der Waals surface area contributed by atoms with Gasteiger partial charge in [-0.15, -0.1) is 0 Å². The molecule has 0 spiro atoms. The lowest BCUT2D eigenvalue weighted by atomic mass is 9.98. The molecule has 1 atom stereocenters. The number of nitriles is 1. The molecule has 0 amide bonds. The highest BCUT2D eigenvalue weighted by molar-refractivity contribution is 6.32. The number of nitrogens with zero attached hydrogens (tertiary/aromatic N) is 3. The smallest absolute Gasteiger partial charge is 0.320 e. The highest BCUT2D eigenvalue weighted by atomic mass is 35.5. The van der Waals surface area contributed by atoms with E-state index in [1.54, 1.807) is 24.4 Å². The van der Waals surface area contributed by atoms with Crippen molar-refractivity contribution in [3.8, 4) is 28.7 Å². The number of ether oxygens (including phenoxy) is 2. The van der Waals surface area contributed by atoms with Crippen molar-refractivity contribution >= 4 is 17.6 Å². The Balaban J connectivity index is 1.41. The zero-order valence-corrected chi connectivity index (χ0v) is 24.2. The van der Waals surface area contributed by atoms with Crippen molar-refractivity contribution in [3.63, 3.8) is 0 Å². The summed E-state index contributed by atoms with van der Waals surface area (Å²) in [7, 11) is 0. The molecule has 5 rings (SSSR count). The van der Waals surface area contributed by atoms with Gasteiger partial charge in [-0.1, -0.05) is 54.4 Å². The summed E-state index contributed by atoms with van der Waals surface area (Å²) in [4.78, 5) is 18.2. The molecule has 1 aliphatic rings. The molecule has 0 radical (unpaired) electrons. The third-order valence-corrected chi connectivity index (χ3v) is 7.93. The zero-order valence-electron chi connectivity index (χ0n) is 23.4. The van der Waals surface area contributed by atoms with Gasteiger partial charge in [0.15, 0.2) is 0 Å². The Hall–Kier alpha value is -4.38. The Labute approximate surface area is 250 Å². The first-order valence-corrected chi connectivity index (χ1v) is 14.3. The maximum Gasteiger partial charge on any atom is 0.320 e. The molecule has 2 heterocycles. The van der Waals surface area contributed by atoms with Gasteiger partial charge in [-0.05, 0) is 72.8 Å². The first-order valence-electron chi connectivity index (χ1n) is 14.0. The molecule has 1 fully saturated rings. The number of carbonyl (C=O) groups is 1. The quantitative estimate of drug-likeness (QED) is 0.212. The summed E-state index contributed by atoms with van der Waals surface area (Å²) in [6, 6.07) is 22.5. The van der Waals surface area contributed by atoms with Crippen LogP contribution in [0.5, 0.6) is 11.5 Å². The summed E-state index contributed by atoms with van der Waals surface area (Å²) in [5, 5.41) is 19.5. The number of carboxylic acid groups (broad SMARTS) is 1. The lowest BCUT2D eigenvalue weighted by Gasteiger charge is -2.33. The summed E-state index contributed by atoms with van der Waals surface area (Å²) >= 11 is 6.75. The van der Waals surface area contributed by atoms with Gasteiger partial charge in [0.2, 0.25) is 0 Å². The summed E-state index contributed by atoms with van der Waals surface area (Å²) < 4.78 is 12.5. The minimum atomic E-state index is -0.819. The molecule has 7 nitrogen and oxygen atoms in total. The number of piperidine rings is 1. The van der Waals surface area contributed by atoms with Crippen LogP contribution in [0.15, 0.2) is 79.1 Å². The Morgan fingerprint density at radius 3 is 2.67 bits per heavy atom. The molecule has 0 saturated carbocycles. The molecule has 0 unspecified atom stereocenters. The fourth-order valence-electron chi connectivity index (χ4n) is 5.35. The predicted octanol–water partition coefficient (Wildman–Crippen LogP) is 7.18. The van der Waals surface area contributed by atoms with Gasteiger partial charge in [-0.2, -0.15) is 5.26 Å². The van der Waals surface area contributed by atoms with Crippen LogP contribution in [0.3, 0.4) is 0 Å². The summed E-state index contributed by atoms with van der Waals surface area (Å²) in [5.41, 5.74) is 6.42. The second-order valence-corrected chi connectivity index (χ2v) is 10.8. The Morgan fingerprint density at radius 2 is 1.88 bits per heavy atom. The van der Waals surface area contributed by atoms with E-state index in [4.69, 9.17) is 21.1 Å². The first kappa shape index (κ1) is 29.1. The predicted molar refractivity (Wildman–Crippen MR) is 161 cm³/mol. The molecule has 42 heavy (non-hydrogen) atoms. The molecule has 0 aliphatic carbocycles. The SMILES string of the molecule is Cc1c(COc2cc(OCc3cccc(C#N)c3)c(CN3CCCC[C@H]3C(=O)O)cc2Cl)cccc1-c1cccnc1. The number of aromatic nitrogens is 1. The third kappa shape index (κ3) is 6.91. The van der Waals surface area contributed by atoms with E-state index in [1.807, 2.05) is 53.6 Å². The first-order chi connectivity index (χ1) is 20.4. The molecular formula is C34H32ClN3O4. The molecule has 1 N–H and O–H groups in total. The van der Waals surface area contributed by atoms with Crippen LogP contribution in [0.2, 0.25) is 5.02 Å². The molecule has 1 saturated heterocycles. The Morgan fingerprint density at radius 1 is 1.05 bits per heavy atom. The average molecular weight is 582 g/mol. The van der Waals surface area contributed by atoms with E-state index in [9.17, 15) is 15.2 Å². The van der Waals surface area contributed by atoms with E-state index >= 15 is 0 Å². The van der Waals surface area contributed by atoms with Crippen LogP contribution < -0.4 is 9.47 Å². The van der Waals surface area contributed by atoms with Gasteiger partial charge < -0.3 is 14.6 Å². The summed E-state index contributed by atoms with van der Waals surface area (Å²) in [6.07, 6.45) is 6.04. The second kappa shape index (κ2) is 13.5. The third-order valence-electron chi connectivity index (χ3n) is 7.64. The van der Waals surface area contributed by atoms with Gasteiger partial charge in [0, 0.05) is 36.1 Å². The summed E-state index contributed by atoms with van der Waals surface area (Å²) in [5.74, 6) is 0.216. The Kier molecular flexibility index (Phi) is 9.38. The van der Waals surface area contributed by atoms with E-state index in [-0.39, 0.29) is 6.61 Å². The average Bonchev–Trinajstić information content (AvgIpc) is 3.01. The van der Waals surface area contributed by atoms with Gasteiger partial charge in [-0.25, -0.2) is 0 Å². The molecule has 3 aromatic carbocycles. The zero-order chi connectivity index (χ0) is 29.5. The molecule has 1 aliphatic heterocycles. The maximum atomic E-state index is 11.9. The van der Waals surface area contributed by atoms with Gasteiger partial charge in [0.25, 0.3) is 0 Å². The van der Waals surface area contributed by atoms with Crippen molar-refractivity contribution < 1.29 is 19.4 Å². The van der Waals surface area contributed by atoms with Crippen molar-refractivity contribution in [1.82, 2.24) is 9.88 Å². The van der Waals surface area contributed by atoms with Gasteiger partial charge >= 0.3 is 5.97 Å². The van der Waals surface area contributed by atoms with Crippen LogP contribution in [0, 0.1) is 18.3 Å². The number of aliphatic carboxylic acids is 1. The number of likely N-dealkylation sites (tertiary alicyclic amines) is 1. The maximum absolute atomic E-state index is 11.9. The van der Waals surface area contributed by atoms with E-state index < -0.39 is 12.0 Å². The topological polar surface area (TPSA) is 95.7 Å². The number of benzene rings is 3.